The molecule has 0 aliphatic carbocycles. The van der Waals surface area contributed by atoms with E-state index in [1.54, 1.807) is 13.1 Å². The Kier molecular flexibility index (Phi) is 5.78. The molecular formula is C13H21ClN6O. The number of nitrogens with zero attached hydrogens (tertiary/aromatic N) is 4. The lowest BCUT2D eigenvalue weighted by molar-refractivity contribution is 0.0991. The van der Waals surface area contributed by atoms with Gasteiger partial charge >= 0.3 is 0 Å². The van der Waals surface area contributed by atoms with Crippen molar-refractivity contribution < 1.29 is 4.79 Å². The van der Waals surface area contributed by atoms with Gasteiger partial charge in [0, 0.05) is 19.7 Å². The number of amides is 1. The van der Waals surface area contributed by atoms with E-state index in [-0.39, 0.29) is 12.4 Å². The van der Waals surface area contributed by atoms with Crippen LogP contribution < -0.4 is 11.1 Å². The fourth-order valence-corrected chi connectivity index (χ4v) is 2.11. The monoisotopic (exact) mass is 312 g/mol. The molecule has 0 aliphatic rings. The van der Waals surface area contributed by atoms with Gasteiger partial charge in [-0.2, -0.15) is 10.2 Å². The molecule has 21 heavy (non-hydrogen) atoms. The molecule has 2 rings (SSSR count). The summed E-state index contributed by atoms with van der Waals surface area (Å²) < 4.78 is 3.46. The van der Waals surface area contributed by atoms with Crippen LogP contribution in [-0.4, -0.2) is 25.5 Å². The van der Waals surface area contributed by atoms with Crippen LogP contribution in [0.3, 0.4) is 0 Å². The largest absolute Gasteiger partial charge is 0.364 e. The third-order valence-corrected chi connectivity index (χ3v) is 3.00. The molecule has 0 radical (unpaired) electrons. The fourth-order valence-electron chi connectivity index (χ4n) is 2.11. The van der Waals surface area contributed by atoms with Crippen LogP contribution in [0.5, 0.6) is 0 Å². The lowest BCUT2D eigenvalue weighted by atomic mass is 10.3. The first kappa shape index (κ1) is 17.0. The van der Waals surface area contributed by atoms with E-state index in [9.17, 15) is 4.79 Å². The molecule has 2 aromatic rings. The maximum Gasteiger partial charge on any atom is 0.267 e. The zero-order chi connectivity index (χ0) is 14.7. The highest BCUT2D eigenvalue weighted by Gasteiger charge is 2.10. The summed E-state index contributed by atoms with van der Waals surface area (Å²) in [6, 6.07) is 3.69. The molecule has 0 aliphatic heterocycles. The Morgan fingerprint density at radius 1 is 1.38 bits per heavy atom. The first-order valence-corrected chi connectivity index (χ1v) is 6.62. The van der Waals surface area contributed by atoms with Gasteiger partial charge in [0.05, 0.1) is 17.9 Å². The number of carbonyl (C=O) groups excluding carboxylic acids is 1. The molecule has 2 aromatic heterocycles. The molecule has 116 valence electrons. The average Bonchev–Trinajstić information content (AvgIpc) is 2.91. The minimum Gasteiger partial charge on any atom is -0.364 e. The molecule has 0 bridgehead atoms. The molecule has 0 saturated carbocycles. The summed E-state index contributed by atoms with van der Waals surface area (Å²) in [5.74, 6) is 0.142. The molecule has 1 amide bonds. The second-order valence-corrected chi connectivity index (χ2v) is 4.76. The van der Waals surface area contributed by atoms with E-state index in [1.807, 2.05) is 17.7 Å². The van der Waals surface area contributed by atoms with Crippen molar-refractivity contribution in [3.63, 3.8) is 0 Å². The molecule has 8 heteroatoms. The Bertz CT molecular complexity index is 618. The summed E-state index contributed by atoms with van der Waals surface area (Å²) in [4.78, 5) is 11.2. The second kappa shape index (κ2) is 7.12. The van der Waals surface area contributed by atoms with Crippen LogP contribution >= 0.6 is 12.4 Å². The van der Waals surface area contributed by atoms with Crippen molar-refractivity contribution in [1.82, 2.24) is 19.6 Å². The molecule has 0 saturated heterocycles. The van der Waals surface area contributed by atoms with E-state index in [0.29, 0.717) is 18.1 Å². The van der Waals surface area contributed by atoms with Crippen LogP contribution in [0, 0.1) is 6.92 Å². The predicted molar refractivity (Wildman–Crippen MR) is 83.6 cm³/mol. The van der Waals surface area contributed by atoms with E-state index < -0.39 is 5.91 Å². The number of halogens is 1. The molecule has 0 unspecified atom stereocenters. The number of anilines is 1. The van der Waals surface area contributed by atoms with Crippen LogP contribution in [0.1, 0.15) is 35.2 Å². The Morgan fingerprint density at radius 2 is 2.10 bits per heavy atom. The topological polar surface area (TPSA) is 90.8 Å². The Labute approximate surface area is 129 Å². The highest BCUT2D eigenvalue weighted by molar-refractivity contribution is 5.91. The zero-order valence-corrected chi connectivity index (χ0v) is 13.3. The van der Waals surface area contributed by atoms with E-state index >= 15 is 0 Å². The molecule has 0 fully saturated rings. The zero-order valence-electron chi connectivity index (χ0n) is 12.5. The summed E-state index contributed by atoms with van der Waals surface area (Å²) in [6.07, 6.45) is 1.03. The van der Waals surface area contributed by atoms with Crippen molar-refractivity contribution in [3.05, 3.63) is 29.2 Å². The van der Waals surface area contributed by atoms with Crippen LogP contribution in [0.15, 0.2) is 12.1 Å². The van der Waals surface area contributed by atoms with Crippen molar-refractivity contribution in [2.75, 3.05) is 5.32 Å². The summed E-state index contributed by atoms with van der Waals surface area (Å²) in [7, 11) is 1.69. The number of aromatic nitrogens is 4. The first-order chi connectivity index (χ1) is 9.51. The fraction of sp³-hybridized carbons (Fsp3) is 0.462. The van der Waals surface area contributed by atoms with Crippen LogP contribution in [-0.2, 0) is 20.1 Å². The molecular weight excluding hydrogens is 292 g/mol. The van der Waals surface area contributed by atoms with Gasteiger partial charge in [0.15, 0.2) is 0 Å². The number of aryl methyl sites for hydroxylation is 3. The van der Waals surface area contributed by atoms with Crippen molar-refractivity contribution in [2.45, 2.75) is 33.4 Å². The SMILES string of the molecule is CCCn1nc(C)cc1CNc1cc(C(N)=O)n(C)n1.Cl. The quantitative estimate of drug-likeness (QED) is 0.845. The first-order valence-electron chi connectivity index (χ1n) is 6.62. The molecule has 0 spiro atoms. The number of nitrogens with one attached hydrogen (secondary N) is 1. The number of rotatable bonds is 6. The van der Waals surface area contributed by atoms with Crippen molar-refractivity contribution >= 4 is 24.1 Å². The summed E-state index contributed by atoms with van der Waals surface area (Å²) in [5.41, 5.74) is 7.73. The number of nitrogens with two attached hydrogens (primary N) is 1. The maximum atomic E-state index is 11.2. The third-order valence-electron chi connectivity index (χ3n) is 3.00. The van der Waals surface area contributed by atoms with Gasteiger partial charge < -0.3 is 11.1 Å². The normalized spacial score (nSPS) is 10.2. The Balaban J connectivity index is 0.00000220. The van der Waals surface area contributed by atoms with Gasteiger partial charge in [0.25, 0.3) is 5.91 Å². The van der Waals surface area contributed by atoms with E-state index in [1.165, 1.54) is 4.68 Å². The van der Waals surface area contributed by atoms with Crippen LogP contribution in [0.4, 0.5) is 5.82 Å². The predicted octanol–water partition coefficient (Wildman–Crippen LogP) is 1.47. The smallest absolute Gasteiger partial charge is 0.267 e. The van der Waals surface area contributed by atoms with E-state index in [4.69, 9.17) is 5.73 Å². The molecule has 0 atom stereocenters. The van der Waals surface area contributed by atoms with Gasteiger partial charge in [0.2, 0.25) is 0 Å². The minimum atomic E-state index is -0.486. The number of carbonyl (C=O) groups is 1. The molecule has 7 nitrogen and oxygen atoms in total. The van der Waals surface area contributed by atoms with E-state index in [2.05, 4.69) is 22.4 Å². The van der Waals surface area contributed by atoms with Crippen molar-refractivity contribution in [3.8, 4) is 0 Å². The lowest BCUT2D eigenvalue weighted by Gasteiger charge is -2.06. The van der Waals surface area contributed by atoms with Crippen LogP contribution in [0.2, 0.25) is 0 Å². The average molecular weight is 313 g/mol. The number of hydrogen-bond acceptors (Lipinski definition) is 4. The molecule has 0 aromatic carbocycles. The van der Waals surface area contributed by atoms with Crippen LogP contribution in [0.25, 0.3) is 0 Å². The van der Waals surface area contributed by atoms with Gasteiger partial charge in [-0.15, -0.1) is 12.4 Å². The van der Waals surface area contributed by atoms with Gasteiger partial charge in [-0.3, -0.25) is 14.2 Å². The lowest BCUT2D eigenvalue weighted by Crippen LogP contribution is -2.15. The minimum absolute atomic E-state index is 0. The van der Waals surface area contributed by atoms with Crippen molar-refractivity contribution in [2.24, 2.45) is 12.8 Å². The summed E-state index contributed by atoms with van der Waals surface area (Å²) >= 11 is 0. The second-order valence-electron chi connectivity index (χ2n) is 4.76. The van der Waals surface area contributed by atoms with Gasteiger partial charge in [-0.1, -0.05) is 6.92 Å². The summed E-state index contributed by atoms with van der Waals surface area (Å²) in [5, 5.41) is 11.8. The highest BCUT2D eigenvalue weighted by atomic mass is 35.5. The van der Waals surface area contributed by atoms with Gasteiger partial charge in [0.1, 0.15) is 11.5 Å². The Hall–Kier alpha value is -2.02. The number of hydrogen-bond donors (Lipinski definition) is 2. The number of primary amides is 1. The molecule has 3 N–H and O–H groups in total. The van der Waals surface area contributed by atoms with Gasteiger partial charge in [-0.05, 0) is 19.4 Å². The summed E-state index contributed by atoms with van der Waals surface area (Å²) in [6.45, 7) is 5.59. The Morgan fingerprint density at radius 3 is 2.67 bits per heavy atom. The maximum absolute atomic E-state index is 11.2. The van der Waals surface area contributed by atoms with Crippen molar-refractivity contribution in [1.29, 1.82) is 0 Å². The highest BCUT2D eigenvalue weighted by Crippen LogP contribution is 2.11. The standard InChI is InChI=1S/C13H20N6O.ClH/c1-4-5-19-10(6-9(2)16-19)8-15-12-7-11(13(14)20)18(3)17-12;/h6-7H,4-5,8H2,1-3H3,(H2,14,20)(H,15,17);1H. The van der Waals surface area contributed by atoms with E-state index in [0.717, 1.165) is 24.4 Å². The van der Waals surface area contributed by atoms with Gasteiger partial charge in [-0.25, -0.2) is 0 Å². The molecule has 2 heterocycles. The third kappa shape index (κ3) is 3.98.